The second-order valence-corrected chi connectivity index (χ2v) is 7.88. The fourth-order valence-corrected chi connectivity index (χ4v) is 4.22. The summed E-state index contributed by atoms with van der Waals surface area (Å²) in [6.45, 7) is 2.03. The van der Waals surface area contributed by atoms with Crippen LogP contribution in [-0.4, -0.2) is 19.9 Å². The number of aromatic nitrogens is 1. The molecule has 25 heavy (non-hydrogen) atoms. The minimum Gasteiger partial charge on any atom is -0.321 e. The van der Waals surface area contributed by atoms with Gasteiger partial charge in [-0.3, -0.25) is 4.79 Å². The highest BCUT2D eigenvalue weighted by Crippen LogP contribution is 2.20. The Bertz CT molecular complexity index is 1090. The molecule has 0 spiro atoms. The quantitative estimate of drug-likeness (QED) is 0.718. The molecule has 3 rings (SSSR count). The zero-order chi connectivity index (χ0) is 18.0. The molecule has 0 fully saturated rings. The van der Waals surface area contributed by atoms with Crippen molar-refractivity contribution < 1.29 is 8.42 Å². The highest BCUT2D eigenvalue weighted by atomic mass is 35.5. The lowest BCUT2D eigenvalue weighted by Crippen LogP contribution is -2.27. The Balaban J connectivity index is 1.78. The van der Waals surface area contributed by atoms with E-state index in [2.05, 4.69) is 9.71 Å². The molecular weight excluding hydrogens is 360 g/mol. The topological polar surface area (TPSA) is 79.0 Å². The van der Waals surface area contributed by atoms with Crippen molar-refractivity contribution in [3.05, 3.63) is 75.0 Å². The average Bonchev–Trinajstić information content (AvgIpc) is 2.56. The first-order chi connectivity index (χ1) is 11.9. The van der Waals surface area contributed by atoms with Crippen LogP contribution in [0.5, 0.6) is 0 Å². The number of H-pyrrole nitrogens is 1. The van der Waals surface area contributed by atoms with Crippen molar-refractivity contribution in [3.63, 3.8) is 0 Å². The lowest BCUT2D eigenvalue weighted by atomic mass is 10.1. The van der Waals surface area contributed by atoms with Crippen molar-refractivity contribution in [2.24, 2.45) is 0 Å². The lowest BCUT2D eigenvalue weighted by molar-refractivity contribution is 0.581. The van der Waals surface area contributed by atoms with Gasteiger partial charge in [0, 0.05) is 12.1 Å². The van der Waals surface area contributed by atoms with E-state index in [9.17, 15) is 13.2 Å². The third-order valence-electron chi connectivity index (χ3n) is 3.98. The summed E-state index contributed by atoms with van der Waals surface area (Å²) < 4.78 is 27.1. The summed E-state index contributed by atoms with van der Waals surface area (Å²) in [4.78, 5) is 15.1. The van der Waals surface area contributed by atoms with Gasteiger partial charge in [-0.05, 0) is 42.5 Å². The monoisotopic (exact) mass is 376 g/mol. The molecule has 0 saturated heterocycles. The fourth-order valence-electron chi connectivity index (χ4n) is 2.67. The average molecular weight is 377 g/mol. The largest absolute Gasteiger partial charge is 0.321 e. The predicted molar refractivity (Wildman–Crippen MR) is 99.7 cm³/mol. The van der Waals surface area contributed by atoms with E-state index in [1.54, 1.807) is 18.2 Å². The molecule has 0 aliphatic carbocycles. The first-order valence-electron chi connectivity index (χ1n) is 7.74. The van der Waals surface area contributed by atoms with Crippen LogP contribution in [0.4, 0.5) is 0 Å². The van der Waals surface area contributed by atoms with Crippen LogP contribution in [0.25, 0.3) is 10.9 Å². The molecule has 2 aromatic carbocycles. The first kappa shape index (κ1) is 17.7. The Hall–Kier alpha value is -2.15. The van der Waals surface area contributed by atoms with E-state index in [1.807, 2.05) is 25.1 Å². The van der Waals surface area contributed by atoms with Gasteiger partial charge in [-0.15, -0.1) is 0 Å². The Morgan fingerprint density at radius 2 is 1.88 bits per heavy atom. The Morgan fingerprint density at radius 1 is 1.12 bits per heavy atom. The standard InChI is InChI=1S/C18H17ClN2O3S/c1-12-5-4-6-13-11-14(18(22)21-17(12)13)9-10-20-25(23,24)16-8-3-2-7-15(16)19/h2-8,11,20H,9-10H2,1H3,(H,21,22). The van der Waals surface area contributed by atoms with Crippen LogP contribution < -0.4 is 10.3 Å². The fraction of sp³-hybridized carbons (Fsp3) is 0.167. The maximum Gasteiger partial charge on any atom is 0.251 e. The number of hydrogen-bond donors (Lipinski definition) is 2. The van der Waals surface area contributed by atoms with Crippen LogP contribution in [-0.2, 0) is 16.4 Å². The third-order valence-corrected chi connectivity index (χ3v) is 5.94. The van der Waals surface area contributed by atoms with Crippen LogP contribution in [0, 0.1) is 6.92 Å². The number of rotatable bonds is 5. The molecule has 0 unspecified atom stereocenters. The number of aryl methyl sites for hydroxylation is 1. The summed E-state index contributed by atoms with van der Waals surface area (Å²) in [5.41, 5.74) is 2.10. The van der Waals surface area contributed by atoms with E-state index in [0.717, 1.165) is 16.5 Å². The lowest BCUT2D eigenvalue weighted by Gasteiger charge is -2.09. The minimum atomic E-state index is -3.72. The van der Waals surface area contributed by atoms with E-state index in [1.165, 1.54) is 12.1 Å². The van der Waals surface area contributed by atoms with Crippen molar-refractivity contribution in [2.45, 2.75) is 18.2 Å². The van der Waals surface area contributed by atoms with Crippen LogP contribution in [0.3, 0.4) is 0 Å². The molecule has 0 amide bonds. The highest BCUT2D eigenvalue weighted by Gasteiger charge is 2.17. The smallest absolute Gasteiger partial charge is 0.251 e. The predicted octanol–water partition coefficient (Wildman–Crippen LogP) is 3.01. The molecule has 0 atom stereocenters. The Labute approximate surface area is 150 Å². The van der Waals surface area contributed by atoms with Crippen LogP contribution in [0.1, 0.15) is 11.1 Å². The van der Waals surface area contributed by atoms with Crippen LogP contribution >= 0.6 is 11.6 Å². The SMILES string of the molecule is Cc1cccc2cc(CCNS(=O)(=O)c3ccccc3Cl)c(=O)[nH]c12. The van der Waals surface area contributed by atoms with Gasteiger partial charge in [0.05, 0.1) is 10.5 Å². The molecule has 130 valence electrons. The molecule has 0 aliphatic heterocycles. The number of aromatic amines is 1. The van der Waals surface area contributed by atoms with Crippen molar-refractivity contribution in [3.8, 4) is 0 Å². The molecule has 0 saturated carbocycles. The summed E-state index contributed by atoms with van der Waals surface area (Å²) >= 11 is 5.94. The highest BCUT2D eigenvalue weighted by molar-refractivity contribution is 7.89. The number of para-hydroxylation sites is 1. The maximum absolute atomic E-state index is 12.3. The van der Waals surface area contributed by atoms with E-state index in [-0.39, 0.29) is 28.4 Å². The second-order valence-electron chi connectivity index (χ2n) is 5.74. The molecule has 7 heteroatoms. The van der Waals surface area contributed by atoms with Crippen molar-refractivity contribution in [1.29, 1.82) is 0 Å². The molecule has 3 aromatic rings. The van der Waals surface area contributed by atoms with Gasteiger partial charge in [-0.25, -0.2) is 13.1 Å². The Kier molecular flexibility index (Phi) is 4.94. The van der Waals surface area contributed by atoms with Crippen LogP contribution in [0.2, 0.25) is 5.02 Å². The molecule has 0 radical (unpaired) electrons. The molecule has 2 N–H and O–H groups in total. The molecule has 5 nitrogen and oxygen atoms in total. The number of sulfonamides is 1. The number of benzene rings is 2. The van der Waals surface area contributed by atoms with Crippen molar-refractivity contribution in [2.75, 3.05) is 6.54 Å². The Morgan fingerprint density at radius 3 is 2.64 bits per heavy atom. The summed E-state index contributed by atoms with van der Waals surface area (Å²) in [6.07, 6.45) is 0.281. The number of hydrogen-bond acceptors (Lipinski definition) is 3. The second kappa shape index (κ2) is 7.00. The number of fused-ring (bicyclic) bond motifs is 1. The van der Waals surface area contributed by atoms with E-state index in [0.29, 0.717) is 5.56 Å². The molecular formula is C18H17ClN2O3S. The third kappa shape index (κ3) is 3.76. The zero-order valence-electron chi connectivity index (χ0n) is 13.5. The maximum atomic E-state index is 12.3. The van der Waals surface area contributed by atoms with Gasteiger partial charge in [0.25, 0.3) is 5.56 Å². The number of nitrogens with one attached hydrogen (secondary N) is 2. The molecule has 1 aromatic heterocycles. The van der Waals surface area contributed by atoms with Crippen molar-refractivity contribution in [1.82, 2.24) is 9.71 Å². The molecule has 0 aliphatic rings. The first-order valence-corrected chi connectivity index (χ1v) is 9.60. The number of halogens is 1. The zero-order valence-corrected chi connectivity index (χ0v) is 15.1. The van der Waals surface area contributed by atoms with E-state index >= 15 is 0 Å². The number of pyridine rings is 1. The summed E-state index contributed by atoms with van der Waals surface area (Å²) in [6, 6.07) is 13.8. The van der Waals surface area contributed by atoms with Gasteiger partial charge in [0.2, 0.25) is 10.0 Å². The van der Waals surface area contributed by atoms with Gasteiger partial charge in [-0.1, -0.05) is 41.9 Å². The van der Waals surface area contributed by atoms with Crippen LogP contribution in [0.15, 0.2) is 58.2 Å². The van der Waals surface area contributed by atoms with Gasteiger partial charge in [0.15, 0.2) is 0 Å². The minimum absolute atomic E-state index is 0.0275. The molecule has 1 heterocycles. The van der Waals surface area contributed by atoms with Gasteiger partial charge < -0.3 is 4.98 Å². The normalized spacial score (nSPS) is 11.8. The van der Waals surface area contributed by atoms with Gasteiger partial charge >= 0.3 is 0 Å². The summed E-state index contributed by atoms with van der Waals surface area (Å²) in [5.74, 6) is 0. The van der Waals surface area contributed by atoms with Crippen molar-refractivity contribution >= 4 is 32.5 Å². The summed E-state index contributed by atoms with van der Waals surface area (Å²) in [5, 5.41) is 1.08. The summed E-state index contributed by atoms with van der Waals surface area (Å²) in [7, 11) is -3.72. The van der Waals surface area contributed by atoms with Gasteiger partial charge in [0.1, 0.15) is 4.90 Å². The van der Waals surface area contributed by atoms with E-state index in [4.69, 9.17) is 11.6 Å². The molecule has 0 bridgehead atoms. The van der Waals surface area contributed by atoms with E-state index < -0.39 is 10.0 Å². The van der Waals surface area contributed by atoms with Gasteiger partial charge in [-0.2, -0.15) is 0 Å².